The van der Waals surface area contributed by atoms with Crippen LogP contribution >= 0.6 is 0 Å². The minimum Gasteiger partial charge on any atom is -0.496 e. The van der Waals surface area contributed by atoms with E-state index in [0.717, 1.165) is 48.4 Å². The number of amides is 1. The highest BCUT2D eigenvalue weighted by Gasteiger charge is 2.26. The van der Waals surface area contributed by atoms with Crippen LogP contribution in [0.1, 0.15) is 65.6 Å². The molecule has 1 amide bonds. The lowest BCUT2D eigenvalue weighted by atomic mass is 9.96. The maximum absolute atomic E-state index is 13.2. The van der Waals surface area contributed by atoms with Gasteiger partial charge < -0.3 is 10.1 Å². The summed E-state index contributed by atoms with van der Waals surface area (Å²) in [7, 11) is 3.49. The molecule has 0 radical (unpaired) electrons. The molecule has 2 aromatic heterocycles. The van der Waals surface area contributed by atoms with Crippen LogP contribution in [0.4, 0.5) is 5.69 Å². The number of aryl methyl sites for hydroxylation is 1. The van der Waals surface area contributed by atoms with Crippen LogP contribution in [0.2, 0.25) is 0 Å². The highest BCUT2D eigenvalue weighted by molar-refractivity contribution is 6.03. The molecule has 1 fully saturated rings. The number of ether oxygens (including phenoxy) is 1. The molecule has 0 unspecified atom stereocenters. The maximum atomic E-state index is 13.2. The van der Waals surface area contributed by atoms with Gasteiger partial charge in [0.2, 0.25) is 0 Å². The van der Waals surface area contributed by atoms with Crippen LogP contribution in [0, 0.1) is 20.8 Å². The monoisotopic (exact) mass is 438 g/mol. The van der Waals surface area contributed by atoms with Gasteiger partial charge in [-0.05, 0) is 57.4 Å². The van der Waals surface area contributed by atoms with E-state index in [1.165, 1.54) is 6.42 Å². The van der Waals surface area contributed by atoms with Crippen molar-refractivity contribution < 1.29 is 9.53 Å². The Hall–Kier alpha value is -3.36. The van der Waals surface area contributed by atoms with Gasteiger partial charge in [0.25, 0.3) is 11.5 Å². The summed E-state index contributed by atoms with van der Waals surface area (Å²) in [6.07, 6.45) is 5.42. The summed E-state index contributed by atoms with van der Waals surface area (Å²) in [5, 5.41) is 11.1. The third-order valence-corrected chi connectivity index (χ3v) is 6.48. The van der Waals surface area contributed by atoms with Gasteiger partial charge in [-0.3, -0.25) is 14.3 Å². The lowest BCUT2D eigenvalue weighted by Crippen LogP contribution is -2.29. The Morgan fingerprint density at radius 2 is 1.84 bits per heavy atom. The van der Waals surface area contributed by atoms with Crippen molar-refractivity contribution in [2.45, 2.75) is 58.9 Å². The largest absolute Gasteiger partial charge is 0.496 e. The molecule has 32 heavy (non-hydrogen) atoms. The summed E-state index contributed by atoms with van der Waals surface area (Å²) < 4.78 is 10.6. The molecule has 1 aromatic carbocycles. The average molecular weight is 439 g/mol. The molecule has 9 nitrogen and oxygen atoms in total. The van der Waals surface area contributed by atoms with Crippen molar-refractivity contribution in [3.63, 3.8) is 0 Å². The molecule has 3 aromatic rings. The predicted molar refractivity (Wildman–Crippen MR) is 122 cm³/mol. The van der Waals surface area contributed by atoms with Gasteiger partial charge in [-0.25, -0.2) is 9.36 Å². The number of aromatic nitrogens is 5. The number of carbonyl (C=O) groups is 1. The predicted octanol–water partition coefficient (Wildman–Crippen LogP) is 3.46. The molecule has 1 aliphatic carbocycles. The molecule has 0 saturated heterocycles. The summed E-state index contributed by atoms with van der Waals surface area (Å²) >= 11 is 0. The van der Waals surface area contributed by atoms with Gasteiger partial charge in [-0.15, -0.1) is 5.10 Å². The Kier molecular flexibility index (Phi) is 5.90. The molecule has 9 heteroatoms. The van der Waals surface area contributed by atoms with Crippen LogP contribution in [-0.2, 0) is 7.05 Å². The highest BCUT2D eigenvalue weighted by Crippen LogP contribution is 2.28. The average Bonchev–Trinajstić information content (AvgIpc) is 3.27. The zero-order valence-corrected chi connectivity index (χ0v) is 19.3. The molecule has 0 spiro atoms. The molecule has 0 aliphatic heterocycles. The molecule has 1 N–H and O–H groups in total. The van der Waals surface area contributed by atoms with Crippen LogP contribution in [0.25, 0.3) is 5.69 Å². The first-order chi connectivity index (χ1) is 15.3. The fourth-order valence-electron chi connectivity index (χ4n) is 4.56. The minimum absolute atomic E-state index is 0.166. The van der Waals surface area contributed by atoms with E-state index in [1.54, 1.807) is 23.4 Å². The van der Waals surface area contributed by atoms with Crippen molar-refractivity contribution in [1.29, 1.82) is 0 Å². The number of anilines is 1. The Morgan fingerprint density at radius 1 is 1.12 bits per heavy atom. The maximum Gasteiger partial charge on any atom is 0.291 e. The lowest BCUT2D eigenvalue weighted by Gasteiger charge is -2.24. The second-order valence-electron chi connectivity index (χ2n) is 8.47. The van der Waals surface area contributed by atoms with E-state index in [0.29, 0.717) is 11.4 Å². The van der Waals surface area contributed by atoms with E-state index in [4.69, 9.17) is 4.74 Å². The van der Waals surface area contributed by atoms with Crippen LogP contribution in [0.15, 0.2) is 23.0 Å². The summed E-state index contributed by atoms with van der Waals surface area (Å²) in [5.74, 6) is 0.332. The smallest absolute Gasteiger partial charge is 0.291 e. The number of nitrogens with one attached hydrogen (secondary N) is 1. The second-order valence-corrected chi connectivity index (χ2v) is 8.47. The molecular formula is C23H30N6O3. The van der Waals surface area contributed by atoms with Gasteiger partial charge in [-0.2, -0.15) is 0 Å². The Balaban J connectivity index is 1.62. The Bertz CT molecular complexity index is 1210. The van der Waals surface area contributed by atoms with Gasteiger partial charge in [0.15, 0.2) is 5.69 Å². The van der Waals surface area contributed by atoms with Crippen molar-refractivity contribution in [3.05, 3.63) is 51.2 Å². The zero-order valence-electron chi connectivity index (χ0n) is 19.3. The fraction of sp³-hybridized carbons (Fsp3) is 0.478. The lowest BCUT2D eigenvalue weighted by molar-refractivity contribution is 0.102. The summed E-state index contributed by atoms with van der Waals surface area (Å²) in [4.78, 5) is 26.2. The van der Waals surface area contributed by atoms with E-state index in [9.17, 15) is 9.59 Å². The van der Waals surface area contributed by atoms with Crippen LogP contribution in [0.5, 0.6) is 5.75 Å². The zero-order chi connectivity index (χ0) is 23.0. The third kappa shape index (κ3) is 3.72. The van der Waals surface area contributed by atoms with Gasteiger partial charge in [-0.1, -0.05) is 24.5 Å². The van der Waals surface area contributed by atoms with E-state index >= 15 is 0 Å². The number of hydrogen-bond donors (Lipinski definition) is 1. The number of nitrogens with zero attached hydrogens (tertiary/aromatic N) is 5. The first-order valence-electron chi connectivity index (χ1n) is 11.0. The van der Waals surface area contributed by atoms with Crippen molar-refractivity contribution in [3.8, 4) is 11.4 Å². The minimum atomic E-state index is -0.444. The van der Waals surface area contributed by atoms with Crippen molar-refractivity contribution in [2.75, 3.05) is 12.4 Å². The van der Waals surface area contributed by atoms with E-state index in [2.05, 4.69) is 15.6 Å². The molecule has 2 heterocycles. The molecule has 170 valence electrons. The first kappa shape index (κ1) is 21.9. The van der Waals surface area contributed by atoms with Crippen molar-refractivity contribution >= 4 is 11.6 Å². The highest BCUT2D eigenvalue weighted by atomic mass is 16.5. The summed E-state index contributed by atoms with van der Waals surface area (Å²) in [6, 6.07) is 5.81. The van der Waals surface area contributed by atoms with Crippen LogP contribution in [-0.4, -0.2) is 37.4 Å². The van der Waals surface area contributed by atoms with E-state index in [-0.39, 0.29) is 17.3 Å². The van der Waals surface area contributed by atoms with E-state index in [1.807, 2.05) is 43.8 Å². The molecule has 1 aliphatic rings. The van der Waals surface area contributed by atoms with Crippen molar-refractivity contribution in [2.24, 2.45) is 7.05 Å². The van der Waals surface area contributed by atoms with Crippen LogP contribution in [0.3, 0.4) is 0 Å². The third-order valence-electron chi connectivity index (χ3n) is 6.48. The normalized spacial score (nSPS) is 14.5. The van der Waals surface area contributed by atoms with Gasteiger partial charge in [0.05, 0.1) is 30.2 Å². The molecule has 4 rings (SSSR count). The molecule has 0 bridgehead atoms. The first-order valence-corrected chi connectivity index (χ1v) is 11.0. The molecular weight excluding hydrogens is 408 g/mol. The Labute approximate surface area is 187 Å². The van der Waals surface area contributed by atoms with Crippen molar-refractivity contribution in [1.82, 2.24) is 24.4 Å². The number of carbonyl (C=O) groups excluding carboxylic acids is 1. The molecule has 0 atom stereocenters. The quantitative estimate of drug-likeness (QED) is 0.658. The second kappa shape index (κ2) is 8.64. The SMILES string of the molecule is COc1ccc(-n2nnc(C(=O)Nc3c(C)n(C)n(C4CCCCC4)c3=O)c2C)cc1C. The van der Waals surface area contributed by atoms with Crippen LogP contribution < -0.4 is 15.6 Å². The van der Waals surface area contributed by atoms with Gasteiger partial charge in [0, 0.05) is 7.05 Å². The molecule has 1 saturated carbocycles. The van der Waals surface area contributed by atoms with Gasteiger partial charge >= 0.3 is 0 Å². The number of rotatable bonds is 5. The van der Waals surface area contributed by atoms with Gasteiger partial charge in [0.1, 0.15) is 11.4 Å². The number of benzene rings is 1. The standard InChI is InChI=1S/C23H30N6O3/c1-14-13-18(11-12-19(14)32-5)28-16(3)20(25-26-28)22(30)24-21-15(2)27(4)29(23(21)31)17-9-7-6-8-10-17/h11-13,17H,6-10H2,1-5H3,(H,24,30). The Morgan fingerprint density at radius 3 is 2.50 bits per heavy atom. The summed E-state index contributed by atoms with van der Waals surface area (Å²) in [6.45, 7) is 5.57. The fourth-order valence-corrected chi connectivity index (χ4v) is 4.56. The number of methoxy groups -OCH3 is 1. The van der Waals surface area contributed by atoms with E-state index < -0.39 is 5.91 Å². The summed E-state index contributed by atoms with van der Waals surface area (Å²) in [5.41, 5.74) is 3.37. The topological polar surface area (TPSA) is 96.0 Å². The number of hydrogen-bond acceptors (Lipinski definition) is 5.